The Morgan fingerprint density at radius 1 is 1.47 bits per heavy atom. The van der Waals surface area contributed by atoms with Crippen LogP contribution < -0.4 is 10.1 Å². The SMILES string of the molecule is COc1ccc(Cl)cc1CCNC(=O)CCCl. The van der Waals surface area contributed by atoms with Gasteiger partial charge >= 0.3 is 0 Å². The number of alkyl halides is 1. The van der Waals surface area contributed by atoms with Gasteiger partial charge in [-0.1, -0.05) is 11.6 Å². The van der Waals surface area contributed by atoms with Gasteiger partial charge in [-0.15, -0.1) is 11.6 Å². The zero-order chi connectivity index (χ0) is 12.7. The molecular formula is C12H15Cl2NO2. The van der Waals surface area contributed by atoms with Gasteiger partial charge in [0.15, 0.2) is 0 Å². The molecule has 0 heterocycles. The van der Waals surface area contributed by atoms with E-state index in [2.05, 4.69) is 5.32 Å². The Bertz CT molecular complexity index is 383. The lowest BCUT2D eigenvalue weighted by molar-refractivity contribution is -0.120. The number of rotatable bonds is 6. The first kappa shape index (κ1) is 14.1. The summed E-state index contributed by atoms with van der Waals surface area (Å²) in [7, 11) is 1.61. The number of amides is 1. The van der Waals surface area contributed by atoms with Crippen molar-refractivity contribution in [1.82, 2.24) is 5.32 Å². The van der Waals surface area contributed by atoms with E-state index < -0.39 is 0 Å². The molecular weight excluding hydrogens is 261 g/mol. The summed E-state index contributed by atoms with van der Waals surface area (Å²) in [5.74, 6) is 1.08. The quantitative estimate of drug-likeness (QED) is 0.811. The maximum atomic E-state index is 11.2. The molecule has 5 heteroatoms. The monoisotopic (exact) mass is 275 g/mol. The van der Waals surface area contributed by atoms with E-state index in [0.29, 0.717) is 30.3 Å². The highest BCUT2D eigenvalue weighted by molar-refractivity contribution is 6.30. The van der Waals surface area contributed by atoms with Crippen LogP contribution in [0.4, 0.5) is 0 Å². The molecule has 0 saturated heterocycles. The van der Waals surface area contributed by atoms with Gasteiger partial charge in [-0.2, -0.15) is 0 Å². The van der Waals surface area contributed by atoms with E-state index in [4.69, 9.17) is 27.9 Å². The van der Waals surface area contributed by atoms with Crippen molar-refractivity contribution in [2.24, 2.45) is 0 Å². The average molecular weight is 276 g/mol. The molecule has 0 radical (unpaired) electrons. The molecule has 0 aliphatic heterocycles. The summed E-state index contributed by atoms with van der Waals surface area (Å²) in [6, 6.07) is 5.43. The van der Waals surface area contributed by atoms with Gasteiger partial charge in [0.25, 0.3) is 0 Å². The molecule has 0 saturated carbocycles. The number of nitrogens with one attached hydrogen (secondary N) is 1. The van der Waals surface area contributed by atoms with Crippen molar-refractivity contribution < 1.29 is 9.53 Å². The van der Waals surface area contributed by atoms with E-state index in [1.807, 2.05) is 12.1 Å². The molecule has 1 aromatic rings. The van der Waals surface area contributed by atoms with Crippen LogP contribution in [0.5, 0.6) is 5.75 Å². The second-order valence-electron chi connectivity index (χ2n) is 3.50. The van der Waals surface area contributed by atoms with Crippen LogP contribution in [0.25, 0.3) is 0 Å². The van der Waals surface area contributed by atoms with Gasteiger partial charge < -0.3 is 10.1 Å². The number of carbonyl (C=O) groups excluding carboxylic acids is 1. The largest absolute Gasteiger partial charge is 0.496 e. The van der Waals surface area contributed by atoms with Crippen LogP contribution in [0.3, 0.4) is 0 Å². The van der Waals surface area contributed by atoms with Gasteiger partial charge in [0.2, 0.25) is 5.91 Å². The number of benzene rings is 1. The maximum Gasteiger partial charge on any atom is 0.221 e. The van der Waals surface area contributed by atoms with Crippen LogP contribution in [-0.2, 0) is 11.2 Å². The molecule has 1 N–H and O–H groups in total. The Kier molecular flexibility index (Phi) is 6.16. The van der Waals surface area contributed by atoms with Gasteiger partial charge in [-0.05, 0) is 30.2 Å². The first-order valence-corrected chi connectivity index (χ1v) is 6.23. The van der Waals surface area contributed by atoms with Crippen molar-refractivity contribution in [3.63, 3.8) is 0 Å². The zero-order valence-electron chi connectivity index (χ0n) is 9.63. The van der Waals surface area contributed by atoms with Gasteiger partial charge in [0.05, 0.1) is 7.11 Å². The van der Waals surface area contributed by atoms with E-state index in [9.17, 15) is 4.79 Å². The summed E-state index contributed by atoms with van der Waals surface area (Å²) in [6.07, 6.45) is 1.02. The maximum absolute atomic E-state index is 11.2. The number of hydrogen-bond acceptors (Lipinski definition) is 2. The Balaban J connectivity index is 2.50. The minimum absolute atomic E-state index is 0.0407. The van der Waals surface area contributed by atoms with E-state index in [1.165, 1.54) is 0 Å². The van der Waals surface area contributed by atoms with Gasteiger partial charge in [-0.25, -0.2) is 0 Å². The molecule has 17 heavy (non-hydrogen) atoms. The topological polar surface area (TPSA) is 38.3 Å². The molecule has 1 amide bonds. The molecule has 0 bridgehead atoms. The predicted molar refractivity (Wildman–Crippen MR) is 70.1 cm³/mol. The summed E-state index contributed by atoms with van der Waals surface area (Å²) in [5.41, 5.74) is 0.978. The average Bonchev–Trinajstić information content (AvgIpc) is 2.30. The minimum atomic E-state index is -0.0407. The fourth-order valence-corrected chi connectivity index (χ4v) is 1.82. The Labute approximate surface area is 111 Å². The van der Waals surface area contributed by atoms with E-state index in [1.54, 1.807) is 13.2 Å². The lowest BCUT2D eigenvalue weighted by Crippen LogP contribution is -2.25. The van der Waals surface area contributed by atoms with Crippen LogP contribution in [-0.4, -0.2) is 25.4 Å². The van der Waals surface area contributed by atoms with Crippen molar-refractivity contribution in [1.29, 1.82) is 0 Å². The molecule has 0 aliphatic rings. The second-order valence-corrected chi connectivity index (χ2v) is 4.31. The van der Waals surface area contributed by atoms with Gasteiger partial charge in [-0.3, -0.25) is 4.79 Å². The third-order valence-electron chi connectivity index (χ3n) is 2.28. The van der Waals surface area contributed by atoms with Crippen molar-refractivity contribution in [2.75, 3.05) is 19.5 Å². The van der Waals surface area contributed by atoms with Crippen molar-refractivity contribution >= 4 is 29.1 Å². The first-order valence-electron chi connectivity index (χ1n) is 5.32. The van der Waals surface area contributed by atoms with Crippen molar-refractivity contribution in [3.05, 3.63) is 28.8 Å². The number of hydrogen-bond donors (Lipinski definition) is 1. The fraction of sp³-hybridized carbons (Fsp3) is 0.417. The van der Waals surface area contributed by atoms with Crippen LogP contribution in [0.15, 0.2) is 18.2 Å². The number of ether oxygens (including phenoxy) is 1. The molecule has 0 aliphatic carbocycles. The normalized spacial score (nSPS) is 10.1. The zero-order valence-corrected chi connectivity index (χ0v) is 11.1. The van der Waals surface area contributed by atoms with Crippen LogP contribution in [0.2, 0.25) is 5.02 Å². The third-order valence-corrected chi connectivity index (χ3v) is 2.70. The van der Waals surface area contributed by atoms with E-state index in [-0.39, 0.29) is 5.91 Å². The Morgan fingerprint density at radius 3 is 2.88 bits per heavy atom. The van der Waals surface area contributed by atoms with Crippen molar-refractivity contribution in [3.8, 4) is 5.75 Å². The second kappa shape index (κ2) is 7.41. The predicted octanol–water partition coefficient (Wildman–Crippen LogP) is 2.64. The first-order chi connectivity index (χ1) is 8.17. The van der Waals surface area contributed by atoms with Gasteiger partial charge in [0, 0.05) is 23.9 Å². The van der Waals surface area contributed by atoms with Gasteiger partial charge in [0.1, 0.15) is 5.75 Å². The van der Waals surface area contributed by atoms with E-state index in [0.717, 1.165) is 11.3 Å². The highest BCUT2D eigenvalue weighted by atomic mass is 35.5. The smallest absolute Gasteiger partial charge is 0.221 e. The van der Waals surface area contributed by atoms with Crippen molar-refractivity contribution in [2.45, 2.75) is 12.8 Å². The third kappa shape index (κ3) is 4.84. The molecule has 3 nitrogen and oxygen atoms in total. The number of halogens is 2. The lowest BCUT2D eigenvalue weighted by atomic mass is 10.1. The molecule has 0 aromatic heterocycles. The summed E-state index contributed by atoms with van der Waals surface area (Å²) >= 11 is 11.4. The molecule has 1 rings (SSSR count). The molecule has 0 atom stereocenters. The summed E-state index contributed by atoms with van der Waals surface area (Å²) in [5, 5.41) is 3.44. The van der Waals surface area contributed by atoms with E-state index >= 15 is 0 Å². The molecule has 94 valence electrons. The molecule has 0 fully saturated rings. The summed E-state index contributed by atoms with van der Waals surface area (Å²) in [6.45, 7) is 0.548. The molecule has 1 aromatic carbocycles. The number of methoxy groups -OCH3 is 1. The van der Waals surface area contributed by atoms with Crippen LogP contribution in [0, 0.1) is 0 Å². The summed E-state index contributed by atoms with van der Waals surface area (Å²) < 4.78 is 5.21. The lowest BCUT2D eigenvalue weighted by Gasteiger charge is -2.09. The highest BCUT2D eigenvalue weighted by Gasteiger charge is 2.05. The summed E-state index contributed by atoms with van der Waals surface area (Å²) in [4.78, 5) is 11.2. The molecule has 0 unspecified atom stereocenters. The Morgan fingerprint density at radius 2 is 2.24 bits per heavy atom. The number of carbonyl (C=O) groups is 1. The van der Waals surface area contributed by atoms with Crippen LogP contribution in [0.1, 0.15) is 12.0 Å². The minimum Gasteiger partial charge on any atom is -0.496 e. The molecule has 0 spiro atoms. The van der Waals surface area contributed by atoms with Crippen LogP contribution >= 0.6 is 23.2 Å². The standard InChI is InChI=1S/C12H15Cl2NO2/c1-17-11-3-2-10(14)8-9(11)5-7-15-12(16)4-6-13/h2-3,8H,4-7H2,1H3,(H,15,16). The fourth-order valence-electron chi connectivity index (χ4n) is 1.45. The Hall–Kier alpha value is -0.930. The highest BCUT2D eigenvalue weighted by Crippen LogP contribution is 2.22.